The van der Waals surface area contributed by atoms with E-state index in [0.29, 0.717) is 24.0 Å². The van der Waals surface area contributed by atoms with Gasteiger partial charge in [0.05, 0.1) is 23.4 Å². The fourth-order valence-corrected chi connectivity index (χ4v) is 6.03. The number of ketones is 2. The van der Waals surface area contributed by atoms with Crippen LogP contribution in [0.4, 0.5) is 0 Å². The zero-order valence-corrected chi connectivity index (χ0v) is 24.0. The number of benzene rings is 5. The number of fused-ring (bicyclic) bond motifs is 2. The molecule has 6 nitrogen and oxygen atoms in total. The van der Waals surface area contributed by atoms with Crippen molar-refractivity contribution < 1.29 is 9.59 Å². The lowest BCUT2D eigenvalue weighted by atomic mass is 9.84. The molecular weight excluding hydrogens is 544 g/mol. The van der Waals surface area contributed by atoms with Crippen molar-refractivity contribution in [1.82, 2.24) is 20.4 Å². The highest BCUT2D eigenvalue weighted by Crippen LogP contribution is 2.33. The molecule has 2 unspecified atom stereocenters. The van der Waals surface area contributed by atoms with Crippen LogP contribution < -0.4 is 0 Å². The first-order valence-electron chi connectivity index (χ1n) is 14.7. The molecule has 6 heteroatoms. The summed E-state index contributed by atoms with van der Waals surface area (Å²) in [6.45, 7) is 0. The van der Waals surface area contributed by atoms with Crippen molar-refractivity contribution in [3.63, 3.8) is 0 Å². The summed E-state index contributed by atoms with van der Waals surface area (Å²) >= 11 is 0. The Labute approximate surface area is 254 Å². The van der Waals surface area contributed by atoms with E-state index >= 15 is 0 Å². The van der Waals surface area contributed by atoms with Gasteiger partial charge in [-0.25, -0.2) is 0 Å². The lowest BCUT2D eigenvalue weighted by molar-refractivity contribution is 0.0966. The molecule has 5 aromatic carbocycles. The molecule has 2 atom stereocenters. The van der Waals surface area contributed by atoms with Gasteiger partial charge in [-0.1, -0.05) is 97.1 Å². The van der Waals surface area contributed by atoms with Crippen LogP contribution in [-0.2, 0) is 0 Å². The summed E-state index contributed by atoms with van der Waals surface area (Å²) in [4.78, 5) is 27.2. The predicted molar refractivity (Wildman–Crippen MR) is 173 cm³/mol. The Morgan fingerprint density at radius 2 is 0.909 bits per heavy atom. The zero-order valence-electron chi connectivity index (χ0n) is 24.0. The Bertz CT molecular complexity index is 1910. The Kier molecular flexibility index (Phi) is 7.39. The average molecular weight is 575 g/mol. The van der Waals surface area contributed by atoms with Gasteiger partial charge in [-0.15, -0.1) is 0 Å². The van der Waals surface area contributed by atoms with Crippen molar-refractivity contribution in [2.45, 2.75) is 24.7 Å². The zero-order chi connectivity index (χ0) is 29.9. The monoisotopic (exact) mass is 574 g/mol. The second-order valence-corrected chi connectivity index (χ2v) is 11.2. The third-order valence-corrected chi connectivity index (χ3v) is 8.45. The van der Waals surface area contributed by atoms with E-state index in [1.54, 1.807) is 36.7 Å². The molecule has 2 N–H and O–H groups in total. The van der Waals surface area contributed by atoms with Crippen LogP contribution in [0.1, 0.15) is 67.6 Å². The van der Waals surface area contributed by atoms with Crippen molar-refractivity contribution in [3.05, 3.63) is 167 Å². The van der Waals surface area contributed by atoms with E-state index in [-0.39, 0.29) is 23.4 Å². The standard InChI is InChI=1S/C38H30N4O2/c43-37(21-33(25-7-3-1-4-8-25)29-15-17-35-31(19-29)23-39-41-35)27-11-13-28(14-12-27)38(44)22-34(26-9-5-2-6-10-26)30-16-18-36-32(20-30)24-40-42-36/h1-20,23-24,33-34H,21-22H2,(H,39,41)(H,40,42). The van der Waals surface area contributed by atoms with E-state index in [1.807, 2.05) is 48.5 Å². The van der Waals surface area contributed by atoms with Gasteiger partial charge in [0.25, 0.3) is 0 Å². The largest absolute Gasteiger partial charge is 0.294 e. The summed E-state index contributed by atoms with van der Waals surface area (Å²) in [6, 6.07) is 39.7. The molecular formula is C38H30N4O2. The highest BCUT2D eigenvalue weighted by Gasteiger charge is 2.22. The molecule has 0 saturated carbocycles. The van der Waals surface area contributed by atoms with Crippen LogP contribution >= 0.6 is 0 Å². The summed E-state index contributed by atoms with van der Waals surface area (Å²) in [6.07, 6.45) is 4.23. The minimum Gasteiger partial charge on any atom is -0.294 e. The van der Waals surface area contributed by atoms with Crippen molar-refractivity contribution in [2.24, 2.45) is 0 Å². The number of hydrogen-bond donors (Lipinski definition) is 2. The molecule has 214 valence electrons. The van der Waals surface area contributed by atoms with Gasteiger partial charge in [0.2, 0.25) is 0 Å². The van der Waals surface area contributed by atoms with Gasteiger partial charge in [-0.05, 0) is 46.5 Å². The fraction of sp³-hybridized carbons (Fsp3) is 0.105. The number of H-pyrrole nitrogens is 2. The lowest BCUT2D eigenvalue weighted by Crippen LogP contribution is -2.11. The summed E-state index contributed by atoms with van der Waals surface area (Å²) in [7, 11) is 0. The molecule has 0 aliphatic carbocycles. The number of hydrogen-bond acceptors (Lipinski definition) is 4. The number of nitrogens with one attached hydrogen (secondary N) is 2. The molecule has 0 fully saturated rings. The second-order valence-electron chi connectivity index (χ2n) is 11.2. The van der Waals surface area contributed by atoms with E-state index in [4.69, 9.17) is 0 Å². The van der Waals surface area contributed by atoms with Crippen LogP contribution in [0, 0.1) is 0 Å². The first-order valence-corrected chi connectivity index (χ1v) is 14.7. The van der Waals surface area contributed by atoms with E-state index < -0.39 is 0 Å². The van der Waals surface area contributed by atoms with Gasteiger partial charge in [-0.2, -0.15) is 10.2 Å². The Hall–Kier alpha value is -5.62. The number of rotatable bonds is 10. The molecule has 2 aromatic heterocycles. The minimum atomic E-state index is -0.108. The smallest absolute Gasteiger partial charge is 0.163 e. The fourth-order valence-electron chi connectivity index (χ4n) is 6.03. The van der Waals surface area contributed by atoms with Crippen molar-refractivity contribution in [1.29, 1.82) is 0 Å². The van der Waals surface area contributed by atoms with E-state index in [9.17, 15) is 9.59 Å². The van der Waals surface area contributed by atoms with Crippen LogP contribution in [0.3, 0.4) is 0 Å². The summed E-state index contributed by atoms with van der Waals surface area (Å²) in [5, 5.41) is 16.3. The maximum atomic E-state index is 13.6. The van der Waals surface area contributed by atoms with E-state index in [1.165, 1.54) is 0 Å². The van der Waals surface area contributed by atoms with Crippen molar-refractivity contribution in [2.75, 3.05) is 0 Å². The molecule has 0 aliphatic heterocycles. The van der Waals surface area contributed by atoms with Gasteiger partial charge in [0, 0.05) is 46.6 Å². The summed E-state index contributed by atoms with van der Waals surface area (Å²) in [5.74, 6) is -0.159. The molecule has 0 radical (unpaired) electrons. The van der Waals surface area contributed by atoms with Gasteiger partial charge in [0.15, 0.2) is 11.6 Å². The first-order chi connectivity index (χ1) is 21.6. The van der Waals surface area contributed by atoms with Crippen molar-refractivity contribution >= 4 is 33.4 Å². The third kappa shape index (κ3) is 5.57. The quantitative estimate of drug-likeness (QED) is 0.161. The molecule has 7 aromatic rings. The van der Waals surface area contributed by atoms with Gasteiger partial charge >= 0.3 is 0 Å². The Morgan fingerprint density at radius 3 is 1.32 bits per heavy atom. The maximum absolute atomic E-state index is 13.6. The van der Waals surface area contributed by atoms with Crippen LogP contribution in [0.5, 0.6) is 0 Å². The topological polar surface area (TPSA) is 91.5 Å². The number of carbonyl (C=O) groups excluding carboxylic acids is 2. The van der Waals surface area contributed by atoms with Crippen molar-refractivity contribution in [3.8, 4) is 0 Å². The number of aromatic amines is 2. The summed E-state index contributed by atoms with van der Waals surface area (Å²) < 4.78 is 0. The molecule has 0 bridgehead atoms. The highest BCUT2D eigenvalue weighted by molar-refractivity contribution is 6.00. The molecule has 2 heterocycles. The van der Waals surface area contributed by atoms with Crippen LogP contribution in [0.15, 0.2) is 134 Å². The number of nitrogens with zero attached hydrogens (tertiary/aromatic N) is 2. The third-order valence-electron chi connectivity index (χ3n) is 8.45. The number of aromatic nitrogens is 4. The maximum Gasteiger partial charge on any atom is 0.163 e. The van der Waals surface area contributed by atoms with Crippen LogP contribution in [0.25, 0.3) is 21.8 Å². The molecule has 0 amide bonds. The molecule has 7 rings (SSSR count). The molecule has 44 heavy (non-hydrogen) atoms. The Morgan fingerprint density at radius 1 is 0.500 bits per heavy atom. The first kappa shape index (κ1) is 27.2. The van der Waals surface area contributed by atoms with Gasteiger partial charge in [-0.3, -0.25) is 19.8 Å². The van der Waals surface area contributed by atoms with E-state index in [0.717, 1.165) is 44.1 Å². The average Bonchev–Trinajstić information content (AvgIpc) is 3.76. The van der Waals surface area contributed by atoms with Gasteiger partial charge in [0.1, 0.15) is 0 Å². The lowest BCUT2D eigenvalue weighted by Gasteiger charge is -2.18. The number of carbonyl (C=O) groups is 2. The van der Waals surface area contributed by atoms with Crippen LogP contribution in [0.2, 0.25) is 0 Å². The van der Waals surface area contributed by atoms with E-state index in [2.05, 4.69) is 68.9 Å². The predicted octanol–water partition coefficient (Wildman–Crippen LogP) is 8.25. The Balaban J connectivity index is 1.12. The molecule has 0 spiro atoms. The minimum absolute atomic E-state index is 0.0284. The normalized spacial score (nSPS) is 12.7. The SMILES string of the molecule is O=C(CC(c1ccccc1)c1ccc2[nH]ncc2c1)c1ccc(C(=O)CC(c2ccccc2)c2ccc3[nH]ncc3c2)cc1. The second kappa shape index (κ2) is 11.9. The molecule has 0 saturated heterocycles. The van der Waals surface area contributed by atoms with Crippen LogP contribution in [-0.4, -0.2) is 32.0 Å². The number of Topliss-reactive ketones (excluding diaryl/α,β-unsaturated/α-hetero) is 2. The molecule has 0 aliphatic rings. The summed E-state index contributed by atoms with van der Waals surface area (Å²) in [5.41, 5.74) is 7.39. The van der Waals surface area contributed by atoms with Gasteiger partial charge < -0.3 is 0 Å². The highest BCUT2D eigenvalue weighted by atomic mass is 16.1.